The highest BCUT2D eigenvalue weighted by Gasteiger charge is 2.77. The van der Waals surface area contributed by atoms with Crippen molar-refractivity contribution in [2.45, 2.75) is 112 Å². The zero-order valence-electron chi connectivity index (χ0n) is 26.4. The lowest BCUT2D eigenvalue weighted by Crippen LogP contribution is -2.81. The number of nitrogens with one attached hydrogen (secondary N) is 1. The summed E-state index contributed by atoms with van der Waals surface area (Å²) in [6, 6.07) is 12.0. The third kappa shape index (κ3) is 3.11. The van der Waals surface area contributed by atoms with Gasteiger partial charge in [-0.3, -0.25) is 0 Å². The van der Waals surface area contributed by atoms with E-state index < -0.39 is 0 Å². The van der Waals surface area contributed by atoms with Crippen LogP contribution in [0.15, 0.2) is 54.3 Å². The van der Waals surface area contributed by atoms with Gasteiger partial charge in [0.25, 0.3) is 0 Å². The van der Waals surface area contributed by atoms with Crippen molar-refractivity contribution in [2.75, 3.05) is 6.61 Å². The average Bonchev–Trinajstić information content (AvgIpc) is 3.44. The maximum absolute atomic E-state index is 10.7. The molecule has 5 nitrogen and oxygen atoms in total. The largest absolute Gasteiger partial charge is 0.396 e. The van der Waals surface area contributed by atoms with Gasteiger partial charge < -0.3 is 26.6 Å². The van der Waals surface area contributed by atoms with Gasteiger partial charge >= 0.3 is 0 Å². The number of aliphatic hydroxyl groups excluding tert-OH is 1. The summed E-state index contributed by atoms with van der Waals surface area (Å²) < 4.78 is 7.74. The summed E-state index contributed by atoms with van der Waals surface area (Å²) in [5.74, 6) is 3.02. The van der Waals surface area contributed by atoms with Crippen LogP contribution >= 0.6 is 0 Å². The second-order valence-corrected chi connectivity index (χ2v) is 17.1. The van der Waals surface area contributed by atoms with Gasteiger partial charge in [0.15, 0.2) is 0 Å². The molecule has 2 saturated heterocycles. The molecule has 9 aliphatic rings. The molecule has 11 rings (SSSR count). The molecule has 2 spiro atoms. The highest BCUT2D eigenvalue weighted by molar-refractivity contribution is 5.93. The van der Waals surface area contributed by atoms with E-state index in [9.17, 15) is 5.11 Å². The molecule has 2 aromatic rings. The van der Waals surface area contributed by atoms with Crippen LogP contribution in [0.2, 0.25) is 0 Å². The summed E-state index contributed by atoms with van der Waals surface area (Å²) in [5.41, 5.74) is 19.6. The van der Waals surface area contributed by atoms with Gasteiger partial charge in [0.2, 0.25) is 0 Å². The van der Waals surface area contributed by atoms with E-state index in [0.29, 0.717) is 40.9 Å². The number of fused-ring (bicyclic) bond motifs is 1. The van der Waals surface area contributed by atoms with E-state index in [0.717, 1.165) is 19.3 Å². The SMILES string of the molecule is CC1(C)O[C@]23C[C@@]4(N)[C@@H](CO)CC[C@H]([C@@H]14)[C@@H]2c1ccc2cccc4c2c1[C@@H]1[C@H](CC2(CCCC2)C[C@@H]13)[C@H]4C1=CNC(N)C=C1. The van der Waals surface area contributed by atoms with Crippen molar-refractivity contribution < 1.29 is 9.84 Å². The average molecular weight is 592 g/mol. The third-order valence-corrected chi connectivity index (χ3v) is 15.0. The Morgan fingerprint density at radius 1 is 1.02 bits per heavy atom. The van der Waals surface area contributed by atoms with Crippen molar-refractivity contribution in [2.24, 2.45) is 46.5 Å². The normalized spacial score (nSPS) is 46.5. The first-order valence-electron chi connectivity index (χ1n) is 17.7. The first kappa shape index (κ1) is 27.0. The van der Waals surface area contributed by atoms with Crippen molar-refractivity contribution in [3.63, 3.8) is 0 Å². The van der Waals surface area contributed by atoms with Crippen molar-refractivity contribution in [1.82, 2.24) is 5.32 Å². The Morgan fingerprint density at radius 2 is 1.86 bits per heavy atom. The van der Waals surface area contributed by atoms with Gasteiger partial charge in [-0.15, -0.1) is 0 Å². The van der Waals surface area contributed by atoms with E-state index in [-0.39, 0.29) is 41.3 Å². The number of allylic oxidation sites excluding steroid dienone is 2. The standard InChI is InChI=1S/C39H49N3O2/c1-36(2)35-26-12-10-23(19-43)38(35,41)20-39(44-36)28-17-37(14-3-4-15-37)16-27-30(22-9-13-29(40)42-18-22)24-7-5-6-21-8-11-25(34(26)39)33(31(21)24)32(27)28/h5-9,11,13,18,23,26-30,32,34-35,42-43H,3-4,10,12,14-17,19-20,40-41H2,1-2H3/t23-,26+,27-,28+,29?,30+,32-,34+,35+,38-,39+/m1/s1. The minimum absolute atomic E-state index is 0.126. The third-order valence-electron chi connectivity index (χ3n) is 15.0. The van der Waals surface area contributed by atoms with Crippen molar-refractivity contribution in [3.8, 4) is 0 Å². The van der Waals surface area contributed by atoms with Crippen LogP contribution in [-0.2, 0) is 4.74 Å². The van der Waals surface area contributed by atoms with Crippen molar-refractivity contribution in [3.05, 3.63) is 70.9 Å². The van der Waals surface area contributed by atoms with E-state index in [4.69, 9.17) is 16.2 Å². The first-order valence-corrected chi connectivity index (χ1v) is 17.7. The quantitative estimate of drug-likeness (QED) is 0.328. The molecule has 6 N–H and O–H groups in total. The van der Waals surface area contributed by atoms with Crippen LogP contribution in [0.25, 0.3) is 10.8 Å². The Hall–Kier alpha value is -2.18. The molecule has 6 fully saturated rings. The maximum atomic E-state index is 10.7. The van der Waals surface area contributed by atoms with Crippen LogP contribution in [0.5, 0.6) is 0 Å². The van der Waals surface area contributed by atoms with Gasteiger partial charge in [-0.2, -0.15) is 0 Å². The van der Waals surface area contributed by atoms with Gasteiger partial charge in [0, 0.05) is 42.0 Å². The number of hydrogen-bond acceptors (Lipinski definition) is 5. The van der Waals surface area contributed by atoms with Crippen LogP contribution < -0.4 is 16.8 Å². The molecule has 3 heterocycles. The fourth-order valence-corrected chi connectivity index (χ4v) is 14.1. The molecular weight excluding hydrogens is 542 g/mol. The van der Waals surface area contributed by atoms with Gasteiger partial charge in [0.1, 0.15) is 0 Å². The summed E-state index contributed by atoms with van der Waals surface area (Å²) in [4.78, 5) is 0. The van der Waals surface area contributed by atoms with Crippen LogP contribution in [0.3, 0.4) is 0 Å². The molecule has 4 bridgehead atoms. The summed E-state index contributed by atoms with van der Waals surface area (Å²) in [6.45, 7) is 4.89. The zero-order valence-corrected chi connectivity index (χ0v) is 26.4. The summed E-state index contributed by atoms with van der Waals surface area (Å²) in [6.07, 6.45) is 17.6. The van der Waals surface area contributed by atoms with Gasteiger partial charge in [-0.05, 0) is 127 Å². The summed E-state index contributed by atoms with van der Waals surface area (Å²) in [7, 11) is 0. The van der Waals surface area contributed by atoms with E-state index in [1.54, 1.807) is 11.1 Å². The topological polar surface area (TPSA) is 93.5 Å². The summed E-state index contributed by atoms with van der Waals surface area (Å²) >= 11 is 0. The van der Waals surface area contributed by atoms with Crippen LogP contribution in [0.4, 0.5) is 0 Å². The van der Waals surface area contributed by atoms with Crippen LogP contribution in [0.1, 0.15) is 106 Å². The highest BCUT2D eigenvalue weighted by Crippen LogP contribution is 2.77. The van der Waals surface area contributed by atoms with Gasteiger partial charge in [-0.25, -0.2) is 0 Å². The fourth-order valence-electron chi connectivity index (χ4n) is 14.1. The molecule has 44 heavy (non-hydrogen) atoms. The Morgan fingerprint density at radius 3 is 2.64 bits per heavy atom. The molecule has 6 aliphatic carbocycles. The Balaban J connectivity index is 1.28. The molecule has 0 aromatic heterocycles. The summed E-state index contributed by atoms with van der Waals surface area (Å²) in [5, 5.41) is 17.1. The number of ether oxygens (including phenoxy) is 1. The molecule has 11 atom stereocenters. The second kappa shape index (κ2) is 8.59. The zero-order chi connectivity index (χ0) is 29.8. The number of aliphatic hydroxyl groups is 1. The molecule has 4 saturated carbocycles. The lowest BCUT2D eigenvalue weighted by atomic mass is 9.35. The first-order chi connectivity index (χ1) is 21.2. The molecule has 1 unspecified atom stereocenters. The number of benzene rings is 2. The number of nitrogens with two attached hydrogens (primary N) is 2. The number of hydrogen-bond donors (Lipinski definition) is 4. The minimum atomic E-state index is -0.381. The Bertz CT molecular complexity index is 1640. The fraction of sp³-hybridized carbons (Fsp3) is 0.641. The van der Waals surface area contributed by atoms with E-state index >= 15 is 0 Å². The smallest absolute Gasteiger partial charge is 0.0934 e. The predicted octanol–water partition coefficient (Wildman–Crippen LogP) is 6.32. The molecule has 5 heteroatoms. The molecule has 3 aliphatic heterocycles. The van der Waals surface area contributed by atoms with Gasteiger partial charge in [-0.1, -0.05) is 49.2 Å². The molecule has 232 valence electrons. The lowest BCUT2D eigenvalue weighted by Gasteiger charge is -2.76. The number of dihydropyridines is 1. The van der Waals surface area contributed by atoms with E-state index in [2.05, 4.69) is 67.8 Å². The van der Waals surface area contributed by atoms with E-state index in [1.807, 2.05) is 0 Å². The van der Waals surface area contributed by atoms with Crippen LogP contribution in [0, 0.1) is 35.0 Å². The minimum Gasteiger partial charge on any atom is -0.396 e. The molecule has 0 amide bonds. The van der Waals surface area contributed by atoms with Crippen molar-refractivity contribution in [1.29, 1.82) is 0 Å². The van der Waals surface area contributed by atoms with Gasteiger partial charge in [0.05, 0.1) is 17.4 Å². The molecule has 2 aromatic carbocycles. The maximum Gasteiger partial charge on any atom is 0.0934 e. The highest BCUT2D eigenvalue weighted by atomic mass is 16.5. The second-order valence-electron chi connectivity index (χ2n) is 17.1. The molecular formula is C39H49N3O2. The van der Waals surface area contributed by atoms with Crippen LogP contribution in [-0.4, -0.2) is 34.6 Å². The van der Waals surface area contributed by atoms with E-state index in [1.165, 1.54) is 60.4 Å². The monoisotopic (exact) mass is 591 g/mol. The molecule has 0 radical (unpaired) electrons. The Kier molecular flexibility index (Phi) is 5.27. The predicted molar refractivity (Wildman–Crippen MR) is 174 cm³/mol. The van der Waals surface area contributed by atoms with Crippen molar-refractivity contribution >= 4 is 10.8 Å². The lowest BCUT2D eigenvalue weighted by molar-refractivity contribution is -0.340. The Labute approximate surface area is 261 Å². The number of rotatable bonds is 2.